The van der Waals surface area contributed by atoms with Crippen LogP contribution in [0.5, 0.6) is 0 Å². The third-order valence-corrected chi connectivity index (χ3v) is 1.29. The molecule has 0 spiro atoms. The molecule has 0 amide bonds. The van der Waals surface area contributed by atoms with Gasteiger partial charge in [0.25, 0.3) is 0 Å². The second kappa shape index (κ2) is 2.66. The van der Waals surface area contributed by atoms with Gasteiger partial charge in [0.05, 0.1) is 5.56 Å². The van der Waals surface area contributed by atoms with Crippen molar-refractivity contribution in [2.45, 2.75) is 6.18 Å². The van der Waals surface area contributed by atoms with Crippen molar-refractivity contribution in [3.63, 3.8) is 0 Å². The number of hydrogen-bond acceptors (Lipinski definition) is 0. The summed E-state index contributed by atoms with van der Waals surface area (Å²) in [5.74, 6) is -0.956. The molecule has 1 nitrogen and oxygen atoms in total. The molecular formula is C7H4F4N-. The quantitative estimate of drug-likeness (QED) is 0.542. The first kappa shape index (κ1) is 8.83. The van der Waals surface area contributed by atoms with E-state index in [4.69, 9.17) is 5.73 Å². The molecule has 0 aliphatic rings. The smallest absolute Gasteiger partial charge is 0.416 e. The van der Waals surface area contributed by atoms with Crippen LogP contribution in [-0.2, 0) is 6.18 Å². The van der Waals surface area contributed by atoms with Gasteiger partial charge < -0.3 is 5.73 Å². The highest BCUT2D eigenvalue weighted by molar-refractivity contribution is 5.47. The summed E-state index contributed by atoms with van der Waals surface area (Å²) in [6.45, 7) is 0. The number of hydrogen-bond donors (Lipinski definition) is 0. The van der Waals surface area contributed by atoms with Gasteiger partial charge in [0.15, 0.2) is 0 Å². The molecule has 0 saturated carbocycles. The number of nitrogens with one attached hydrogen (secondary N) is 1. The molecule has 0 fully saturated rings. The molecule has 66 valence electrons. The van der Waals surface area contributed by atoms with E-state index in [0.717, 1.165) is 0 Å². The fourth-order valence-electron chi connectivity index (χ4n) is 0.702. The zero-order valence-electron chi connectivity index (χ0n) is 5.74. The van der Waals surface area contributed by atoms with Crippen LogP contribution in [0.2, 0.25) is 0 Å². The zero-order valence-corrected chi connectivity index (χ0v) is 5.74. The highest BCUT2D eigenvalue weighted by atomic mass is 19.4. The molecule has 0 heterocycles. The van der Waals surface area contributed by atoms with Gasteiger partial charge in [0.2, 0.25) is 0 Å². The van der Waals surface area contributed by atoms with Crippen LogP contribution >= 0.6 is 0 Å². The Labute approximate surface area is 65.8 Å². The number of rotatable bonds is 0. The zero-order chi connectivity index (χ0) is 9.35. The Morgan fingerprint density at radius 1 is 1.17 bits per heavy atom. The summed E-state index contributed by atoms with van der Waals surface area (Å²) in [7, 11) is 0. The van der Waals surface area contributed by atoms with Gasteiger partial charge in [-0.1, -0.05) is 6.07 Å². The molecule has 0 unspecified atom stereocenters. The molecule has 5 heteroatoms. The highest BCUT2D eigenvalue weighted by Crippen LogP contribution is 2.32. The molecule has 0 atom stereocenters. The maximum atomic E-state index is 12.3. The number of halogens is 4. The number of benzene rings is 1. The Kier molecular flexibility index (Phi) is 1.95. The summed E-state index contributed by atoms with van der Waals surface area (Å²) in [5.41, 5.74) is 5.01. The summed E-state index contributed by atoms with van der Waals surface area (Å²) in [6.07, 6.45) is -4.51. The van der Waals surface area contributed by atoms with Gasteiger partial charge in [-0.3, -0.25) is 0 Å². The molecular weight excluding hydrogens is 174 g/mol. The fourth-order valence-corrected chi connectivity index (χ4v) is 0.702. The maximum absolute atomic E-state index is 12.3. The molecule has 0 aliphatic carbocycles. The van der Waals surface area contributed by atoms with E-state index in [1.807, 2.05) is 0 Å². The van der Waals surface area contributed by atoms with Crippen molar-refractivity contribution in [3.05, 3.63) is 35.3 Å². The van der Waals surface area contributed by atoms with E-state index in [9.17, 15) is 17.6 Å². The van der Waals surface area contributed by atoms with Crippen molar-refractivity contribution >= 4 is 5.69 Å². The summed E-state index contributed by atoms with van der Waals surface area (Å²) >= 11 is 0. The molecule has 0 aromatic heterocycles. The van der Waals surface area contributed by atoms with Crippen molar-refractivity contribution in [1.29, 1.82) is 0 Å². The predicted octanol–water partition coefficient (Wildman–Crippen LogP) is 3.53. The molecule has 0 saturated heterocycles. The van der Waals surface area contributed by atoms with Crippen LogP contribution in [0.3, 0.4) is 0 Å². The predicted molar refractivity (Wildman–Crippen MR) is 35.4 cm³/mol. The third kappa shape index (κ3) is 1.66. The molecule has 0 radical (unpaired) electrons. The van der Waals surface area contributed by atoms with E-state index in [2.05, 4.69) is 0 Å². The minimum atomic E-state index is -4.51. The largest absolute Gasteiger partial charge is 0.696 e. The van der Waals surface area contributed by atoms with E-state index in [0.29, 0.717) is 18.2 Å². The standard InChI is InChI=1S/C7H4F4N/c8-5-2-1-4(3-6(5)12)7(9,10)11/h1-3,12H/q-1. The molecule has 1 N–H and O–H groups in total. The van der Waals surface area contributed by atoms with Crippen molar-refractivity contribution < 1.29 is 17.6 Å². The van der Waals surface area contributed by atoms with Gasteiger partial charge in [-0.25, -0.2) is 4.39 Å². The molecule has 1 aromatic rings. The van der Waals surface area contributed by atoms with Crippen molar-refractivity contribution in [2.24, 2.45) is 0 Å². The summed E-state index contributed by atoms with van der Waals surface area (Å²) in [5, 5.41) is 0. The first-order chi connectivity index (χ1) is 5.41. The van der Waals surface area contributed by atoms with Gasteiger partial charge in [-0.2, -0.15) is 13.2 Å². The van der Waals surface area contributed by atoms with Crippen LogP contribution < -0.4 is 0 Å². The van der Waals surface area contributed by atoms with Gasteiger partial charge in [0, 0.05) is 0 Å². The van der Waals surface area contributed by atoms with Crippen molar-refractivity contribution in [1.82, 2.24) is 0 Å². The minimum absolute atomic E-state index is 0.454. The second-order valence-electron chi connectivity index (χ2n) is 2.19. The van der Waals surface area contributed by atoms with Crippen LogP contribution in [0.15, 0.2) is 18.2 Å². The summed E-state index contributed by atoms with van der Waals surface area (Å²) < 4.78 is 48.0. The number of alkyl halides is 3. The first-order valence-corrected chi connectivity index (χ1v) is 2.99. The topological polar surface area (TPSA) is 23.8 Å². The third-order valence-electron chi connectivity index (χ3n) is 1.29. The average molecular weight is 178 g/mol. The first-order valence-electron chi connectivity index (χ1n) is 2.99. The van der Waals surface area contributed by atoms with E-state index < -0.39 is 23.2 Å². The van der Waals surface area contributed by atoms with Crippen molar-refractivity contribution in [3.8, 4) is 0 Å². The van der Waals surface area contributed by atoms with Crippen LogP contribution in [0.25, 0.3) is 5.73 Å². The lowest BCUT2D eigenvalue weighted by Crippen LogP contribution is -2.04. The van der Waals surface area contributed by atoms with E-state index in [-0.39, 0.29) is 0 Å². The average Bonchev–Trinajstić information content (AvgIpc) is 1.92. The van der Waals surface area contributed by atoms with Crippen LogP contribution in [0.1, 0.15) is 5.56 Å². The Morgan fingerprint density at radius 3 is 2.17 bits per heavy atom. The normalized spacial score (nSPS) is 11.7. The lowest BCUT2D eigenvalue weighted by atomic mass is 10.2. The SMILES string of the molecule is [NH-]c1cc(C(F)(F)F)ccc1F. The molecule has 1 aromatic carbocycles. The van der Waals surface area contributed by atoms with Crippen molar-refractivity contribution in [2.75, 3.05) is 0 Å². The maximum Gasteiger partial charge on any atom is 0.416 e. The van der Waals surface area contributed by atoms with Crippen LogP contribution in [0.4, 0.5) is 23.2 Å². The molecule has 0 aliphatic heterocycles. The summed E-state index contributed by atoms with van der Waals surface area (Å²) in [4.78, 5) is 0. The Hall–Kier alpha value is -1.26. The van der Waals surface area contributed by atoms with Gasteiger partial charge in [-0.15, -0.1) is 5.69 Å². The van der Waals surface area contributed by atoms with Gasteiger partial charge >= 0.3 is 6.18 Å². The Bertz CT molecular complexity index is 292. The summed E-state index contributed by atoms with van der Waals surface area (Å²) in [6, 6.07) is 1.69. The van der Waals surface area contributed by atoms with Gasteiger partial charge in [0.1, 0.15) is 5.82 Å². The van der Waals surface area contributed by atoms with Crippen LogP contribution in [-0.4, -0.2) is 0 Å². The molecule has 0 bridgehead atoms. The monoisotopic (exact) mass is 178 g/mol. The fraction of sp³-hybridized carbons (Fsp3) is 0.143. The van der Waals surface area contributed by atoms with Gasteiger partial charge in [-0.05, 0) is 12.1 Å². The Balaban J connectivity index is 3.14. The molecule has 1 rings (SSSR count). The minimum Gasteiger partial charge on any atom is -0.696 e. The Morgan fingerprint density at radius 2 is 1.75 bits per heavy atom. The lowest BCUT2D eigenvalue weighted by Gasteiger charge is -2.10. The van der Waals surface area contributed by atoms with Crippen LogP contribution in [0, 0.1) is 5.82 Å². The second-order valence-corrected chi connectivity index (χ2v) is 2.19. The van der Waals surface area contributed by atoms with E-state index in [1.165, 1.54) is 0 Å². The highest BCUT2D eigenvalue weighted by Gasteiger charge is 2.30. The van der Waals surface area contributed by atoms with E-state index in [1.54, 1.807) is 0 Å². The van der Waals surface area contributed by atoms with E-state index >= 15 is 0 Å². The lowest BCUT2D eigenvalue weighted by molar-refractivity contribution is -0.137. The molecule has 12 heavy (non-hydrogen) atoms.